The molecule has 0 aliphatic rings. The van der Waals surface area contributed by atoms with Crippen molar-refractivity contribution < 1.29 is 19.4 Å². The van der Waals surface area contributed by atoms with Crippen molar-refractivity contribution in [3.8, 4) is 0 Å². The van der Waals surface area contributed by atoms with Gasteiger partial charge in [0.2, 0.25) is 5.91 Å². The minimum Gasteiger partial charge on any atom is -0.481 e. The molecule has 0 saturated carbocycles. The van der Waals surface area contributed by atoms with E-state index in [1.54, 1.807) is 30.3 Å². The van der Waals surface area contributed by atoms with Crippen LogP contribution in [-0.2, 0) is 14.3 Å². The summed E-state index contributed by atoms with van der Waals surface area (Å²) in [5, 5.41) is 11.2. The zero-order chi connectivity index (χ0) is 15.0. The van der Waals surface area contributed by atoms with E-state index in [-0.39, 0.29) is 18.9 Å². The molecule has 1 unspecified atom stereocenters. The third kappa shape index (κ3) is 6.01. The predicted octanol–water partition coefficient (Wildman–Crippen LogP) is 0.888. The van der Waals surface area contributed by atoms with Gasteiger partial charge in [-0.2, -0.15) is 0 Å². The van der Waals surface area contributed by atoms with Crippen LogP contribution in [0.5, 0.6) is 0 Å². The number of hydrogen-bond acceptors (Lipinski definition) is 4. The van der Waals surface area contributed by atoms with Gasteiger partial charge in [0.15, 0.2) is 0 Å². The SMILES string of the molecule is COC(CNC(=O)/C=C/c1ccc(N)cc1)CC(=O)O. The Morgan fingerprint density at radius 2 is 2.05 bits per heavy atom. The fraction of sp³-hybridized carbons (Fsp3) is 0.286. The number of carbonyl (C=O) groups is 2. The Hall–Kier alpha value is -2.34. The van der Waals surface area contributed by atoms with Crippen LogP contribution in [0.2, 0.25) is 0 Å². The Labute approximate surface area is 117 Å². The summed E-state index contributed by atoms with van der Waals surface area (Å²) in [6, 6.07) is 7.07. The van der Waals surface area contributed by atoms with Gasteiger partial charge in [-0.15, -0.1) is 0 Å². The first-order valence-electron chi connectivity index (χ1n) is 6.07. The maximum atomic E-state index is 11.6. The van der Waals surface area contributed by atoms with E-state index in [1.165, 1.54) is 13.2 Å². The van der Waals surface area contributed by atoms with Gasteiger partial charge in [-0.05, 0) is 23.8 Å². The molecule has 0 spiro atoms. The van der Waals surface area contributed by atoms with E-state index in [0.717, 1.165) is 5.56 Å². The maximum Gasteiger partial charge on any atom is 0.306 e. The van der Waals surface area contributed by atoms with E-state index < -0.39 is 12.1 Å². The van der Waals surface area contributed by atoms with Crippen LogP contribution in [-0.4, -0.2) is 36.7 Å². The summed E-state index contributed by atoms with van der Waals surface area (Å²) in [4.78, 5) is 22.1. The molecule has 20 heavy (non-hydrogen) atoms. The Morgan fingerprint density at radius 1 is 1.40 bits per heavy atom. The molecule has 6 nitrogen and oxygen atoms in total. The first-order chi connectivity index (χ1) is 9.51. The van der Waals surface area contributed by atoms with Gasteiger partial charge in [-0.1, -0.05) is 12.1 Å². The van der Waals surface area contributed by atoms with Crippen LogP contribution in [0.3, 0.4) is 0 Å². The van der Waals surface area contributed by atoms with Crippen molar-refractivity contribution in [1.29, 1.82) is 0 Å². The quantitative estimate of drug-likeness (QED) is 0.508. The fourth-order valence-electron chi connectivity index (χ4n) is 1.49. The van der Waals surface area contributed by atoms with Gasteiger partial charge in [-0.25, -0.2) is 0 Å². The highest BCUT2D eigenvalue weighted by atomic mass is 16.5. The number of nitrogens with one attached hydrogen (secondary N) is 1. The highest BCUT2D eigenvalue weighted by Crippen LogP contribution is 2.06. The second-order valence-corrected chi connectivity index (χ2v) is 4.20. The average molecular weight is 278 g/mol. The molecule has 4 N–H and O–H groups in total. The average Bonchev–Trinajstić information content (AvgIpc) is 2.42. The third-order valence-corrected chi connectivity index (χ3v) is 2.60. The Bertz CT molecular complexity index is 482. The van der Waals surface area contributed by atoms with Crippen molar-refractivity contribution in [2.45, 2.75) is 12.5 Å². The molecule has 6 heteroatoms. The van der Waals surface area contributed by atoms with Crippen molar-refractivity contribution in [3.05, 3.63) is 35.9 Å². The van der Waals surface area contributed by atoms with Crippen LogP contribution in [0.4, 0.5) is 5.69 Å². The van der Waals surface area contributed by atoms with Gasteiger partial charge in [0.05, 0.1) is 12.5 Å². The van der Waals surface area contributed by atoms with Crippen LogP contribution in [0.15, 0.2) is 30.3 Å². The molecule has 0 fully saturated rings. The van der Waals surface area contributed by atoms with Crippen molar-refractivity contribution in [2.24, 2.45) is 0 Å². The summed E-state index contributed by atoms with van der Waals surface area (Å²) >= 11 is 0. The number of carboxylic acid groups (broad SMARTS) is 1. The van der Waals surface area contributed by atoms with Crippen molar-refractivity contribution in [2.75, 3.05) is 19.4 Å². The summed E-state index contributed by atoms with van der Waals surface area (Å²) in [6.07, 6.45) is 2.33. The number of aliphatic carboxylic acids is 1. The molecule has 1 aromatic rings. The van der Waals surface area contributed by atoms with Gasteiger partial charge >= 0.3 is 5.97 Å². The number of ether oxygens (including phenoxy) is 1. The molecule has 1 atom stereocenters. The monoisotopic (exact) mass is 278 g/mol. The van der Waals surface area contributed by atoms with E-state index in [0.29, 0.717) is 5.69 Å². The number of methoxy groups -OCH3 is 1. The summed E-state index contributed by atoms with van der Waals surface area (Å²) < 4.78 is 4.95. The highest BCUT2D eigenvalue weighted by molar-refractivity contribution is 5.91. The molecule has 108 valence electrons. The molecule has 0 aromatic heterocycles. The number of hydrogen-bond donors (Lipinski definition) is 3. The summed E-state index contributed by atoms with van der Waals surface area (Å²) in [6.45, 7) is 0.147. The third-order valence-electron chi connectivity index (χ3n) is 2.60. The maximum absolute atomic E-state index is 11.6. The highest BCUT2D eigenvalue weighted by Gasteiger charge is 2.12. The minimum atomic E-state index is -0.969. The van der Waals surface area contributed by atoms with E-state index in [1.807, 2.05) is 0 Å². The lowest BCUT2D eigenvalue weighted by Crippen LogP contribution is -2.33. The molecular weight excluding hydrogens is 260 g/mol. The zero-order valence-corrected chi connectivity index (χ0v) is 11.2. The van der Waals surface area contributed by atoms with E-state index in [9.17, 15) is 9.59 Å². The fourth-order valence-corrected chi connectivity index (χ4v) is 1.49. The lowest BCUT2D eigenvalue weighted by atomic mass is 10.2. The number of benzene rings is 1. The lowest BCUT2D eigenvalue weighted by molar-refractivity contribution is -0.140. The summed E-state index contributed by atoms with van der Waals surface area (Å²) in [7, 11) is 1.41. The molecule has 0 bridgehead atoms. The Balaban J connectivity index is 2.43. The molecule has 1 aromatic carbocycles. The summed E-state index contributed by atoms with van der Waals surface area (Å²) in [5.41, 5.74) is 7.06. The first kappa shape index (κ1) is 15.7. The smallest absolute Gasteiger partial charge is 0.306 e. The topological polar surface area (TPSA) is 102 Å². The van der Waals surface area contributed by atoms with Crippen LogP contribution in [0.1, 0.15) is 12.0 Å². The largest absolute Gasteiger partial charge is 0.481 e. The van der Waals surface area contributed by atoms with Gasteiger partial charge < -0.3 is 20.9 Å². The van der Waals surface area contributed by atoms with E-state index in [4.69, 9.17) is 15.6 Å². The van der Waals surface area contributed by atoms with Gasteiger partial charge in [0.1, 0.15) is 0 Å². The Kier molecular flexibility index (Phi) is 6.25. The van der Waals surface area contributed by atoms with Crippen LogP contribution in [0.25, 0.3) is 6.08 Å². The second-order valence-electron chi connectivity index (χ2n) is 4.20. The molecule has 0 aliphatic carbocycles. The standard InChI is InChI=1S/C14H18N2O4/c1-20-12(8-14(18)19)9-16-13(17)7-4-10-2-5-11(15)6-3-10/h2-7,12H,8-9,15H2,1H3,(H,16,17)(H,18,19)/b7-4+. The Morgan fingerprint density at radius 3 is 2.60 bits per heavy atom. The molecule has 0 saturated heterocycles. The number of carbonyl (C=O) groups excluding carboxylic acids is 1. The molecule has 0 heterocycles. The number of nitrogens with two attached hydrogens (primary N) is 1. The molecule has 1 rings (SSSR count). The number of nitrogen functional groups attached to an aromatic ring is 1. The molecular formula is C14H18N2O4. The number of carboxylic acids is 1. The predicted molar refractivity (Wildman–Crippen MR) is 75.9 cm³/mol. The van der Waals surface area contributed by atoms with E-state index >= 15 is 0 Å². The van der Waals surface area contributed by atoms with Crippen molar-refractivity contribution in [1.82, 2.24) is 5.32 Å². The molecule has 1 amide bonds. The minimum absolute atomic E-state index is 0.147. The van der Waals surface area contributed by atoms with Crippen LogP contribution in [0, 0.1) is 0 Å². The lowest BCUT2D eigenvalue weighted by Gasteiger charge is -2.12. The number of amides is 1. The molecule has 0 aliphatic heterocycles. The first-order valence-corrected chi connectivity index (χ1v) is 6.07. The van der Waals surface area contributed by atoms with Crippen LogP contribution < -0.4 is 11.1 Å². The zero-order valence-electron chi connectivity index (χ0n) is 11.2. The number of rotatable bonds is 7. The van der Waals surface area contributed by atoms with Crippen LogP contribution >= 0.6 is 0 Å². The van der Waals surface area contributed by atoms with Gasteiger partial charge in [0.25, 0.3) is 0 Å². The number of anilines is 1. The normalized spacial score (nSPS) is 12.2. The van der Waals surface area contributed by atoms with E-state index in [2.05, 4.69) is 5.32 Å². The van der Waals surface area contributed by atoms with Crippen molar-refractivity contribution in [3.63, 3.8) is 0 Å². The van der Waals surface area contributed by atoms with Crippen molar-refractivity contribution >= 4 is 23.6 Å². The summed E-state index contributed by atoms with van der Waals surface area (Å²) in [5.74, 6) is -1.28. The van der Waals surface area contributed by atoms with Gasteiger partial charge in [0, 0.05) is 25.4 Å². The van der Waals surface area contributed by atoms with Gasteiger partial charge in [-0.3, -0.25) is 9.59 Å². The second kappa shape index (κ2) is 7.96. The molecule has 0 radical (unpaired) electrons.